The van der Waals surface area contributed by atoms with Crippen LogP contribution in [0.15, 0.2) is 45.7 Å². The number of nitrogens with one attached hydrogen (secondary N) is 3. The third kappa shape index (κ3) is 6.12. The predicted octanol–water partition coefficient (Wildman–Crippen LogP) is 3.75. The maximum absolute atomic E-state index is 13.7. The van der Waals surface area contributed by atoms with E-state index in [1.807, 2.05) is 7.05 Å². The summed E-state index contributed by atoms with van der Waals surface area (Å²) in [5, 5.41) is 19.0. The number of benzene rings is 2. The molecule has 3 aromatic rings. The molecule has 2 amide bonds. The van der Waals surface area contributed by atoms with Gasteiger partial charge < -0.3 is 30.2 Å². The third-order valence-corrected chi connectivity index (χ3v) is 8.46. The Labute approximate surface area is 250 Å². The summed E-state index contributed by atoms with van der Waals surface area (Å²) in [6, 6.07) is 8.58. The Bertz CT molecular complexity index is 1580. The van der Waals surface area contributed by atoms with Crippen molar-refractivity contribution >= 4 is 50.0 Å². The van der Waals surface area contributed by atoms with Crippen LogP contribution in [0.25, 0.3) is 10.9 Å². The Morgan fingerprint density at radius 3 is 2.48 bits per heavy atom. The number of hydrogen-bond donors (Lipinski definition) is 3. The molecule has 2 atom stereocenters. The first-order valence-electron chi connectivity index (χ1n) is 13.9. The number of aromatic amines is 1. The number of hydrogen-bond acceptors (Lipinski definition) is 8. The maximum atomic E-state index is 13.7. The Morgan fingerprint density at radius 1 is 1.07 bits per heavy atom. The second-order valence-corrected chi connectivity index (χ2v) is 11.7. The first kappa shape index (κ1) is 29.5. The first-order valence-corrected chi connectivity index (χ1v) is 14.7. The SMILES string of the molecule is COc1cccc2[nH]c(=O)cc(C(=O)N[C@H]3CCCC[C@H]3Nc3c(C(=O)N4CCN(C)CC4)cc(Br)cc3[N+](=O)[O-])c12. The number of amides is 2. The van der Waals surface area contributed by atoms with E-state index in [0.717, 1.165) is 12.8 Å². The number of nitro groups is 1. The molecule has 1 aromatic heterocycles. The fourth-order valence-corrected chi connectivity index (χ4v) is 6.22. The zero-order chi connectivity index (χ0) is 30.0. The second-order valence-electron chi connectivity index (χ2n) is 10.7. The van der Waals surface area contributed by atoms with Crippen LogP contribution in [0, 0.1) is 10.1 Å². The van der Waals surface area contributed by atoms with E-state index in [1.165, 1.54) is 19.2 Å². The molecule has 0 bridgehead atoms. The summed E-state index contributed by atoms with van der Waals surface area (Å²) in [6.07, 6.45) is 2.93. The van der Waals surface area contributed by atoms with Gasteiger partial charge in [0.15, 0.2) is 0 Å². The third-order valence-electron chi connectivity index (χ3n) is 8.01. The normalized spacial score (nSPS) is 19.4. The van der Waals surface area contributed by atoms with Gasteiger partial charge in [-0.1, -0.05) is 34.8 Å². The van der Waals surface area contributed by atoms with Crippen molar-refractivity contribution in [2.24, 2.45) is 0 Å². The number of aromatic nitrogens is 1. The molecular formula is C29H33BrN6O6. The van der Waals surface area contributed by atoms with Gasteiger partial charge in [-0.25, -0.2) is 0 Å². The Kier molecular flexibility index (Phi) is 8.78. The van der Waals surface area contributed by atoms with Gasteiger partial charge in [-0.2, -0.15) is 0 Å². The van der Waals surface area contributed by atoms with Crippen molar-refractivity contribution in [1.29, 1.82) is 0 Å². The van der Waals surface area contributed by atoms with E-state index in [2.05, 4.69) is 36.4 Å². The molecule has 1 saturated heterocycles. The number of halogens is 1. The summed E-state index contributed by atoms with van der Waals surface area (Å²) in [4.78, 5) is 57.9. The number of methoxy groups -OCH3 is 1. The number of nitrogens with zero attached hydrogens (tertiary/aromatic N) is 3. The molecular weight excluding hydrogens is 608 g/mol. The zero-order valence-corrected chi connectivity index (χ0v) is 25.0. The number of piperazine rings is 1. The number of rotatable bonds is 7. The number of likely N-dealkylation sites (N-methyl/N-ethyl adjacent to an activating group) is 1. The lowest BCUT2D eigenvalue weighted by Crippen LogP contribution is -2.49. The molecule has 2 heterocycles. The minimum Gasteiger partial charge on any atom is -0.496 e. The van der Waals surface area contributed by atoms with E-state index in [9.17, 15) is 24.5 Å². The number of anilines is 1. The van der Waals surface area contributed by atoms with Crippen LogP contribution < -0.4 is 20.9 Å². The van der Waals surface area contributed by atoms with Crippen LogP contribution in [0.1, 0.15) is 46.4 Å². The van der Waals surface area contributed by atoms with Gasteiger partial charge in [0.2, 0.25) is 5.56 Å². The van der Waals surface area contributed by atoms with Gasteiger partial charge in [0.25, 0.3) is 17.5 Å². The summed E-state index contributed by atoms with van der Waals surface area (Å²) < 4.78 is 5.90. The zero-order valence-electron chi connectivity index (χ0n) is 23.4. The molecule has 2 aromatic carbocycles. The van der Waals surface area contributed by atoms with Crippen molar-refractivity contribution in [3.8, 4) is 5.75 Å². The van der Waals surface area contributed by atoms with E-state index in [4.69, 9.17) is 4.74 Å². The summed E-state index contributed by atoms with van der Waals surface area (Å²) in [7, 11) is 3.48. The average Bonchev–Trinajstić information content (AvgIpc) is 2.97. The Hall–Kier alpha value is -3.97. The predicted molar refractivity (Wildman–Crippen MR) is 162 cm³/mol. The summed E-state index contributed by atoms with van der Waals surface area (Å²) in [5.41, 5.74) is 0.363. The highest BCUT2D eigenvalue weighted by Crippen LogP contribution is 2.36. The Morgan fingerprint density at radius 2 is 1.79 bits per heavy atom. The molecule has 1 aliphatic heterocycles. The first-order chi connectivity index (χ1) is 20.2. The summed E-state index contributed by atoms with van der Waals surface area (Å²) in [5.74, 6) is -0.286. The topological polar surface area (TPSA) is 150 Å². The molecule has 5 rings (SSSR count). The monoisotopic (exact) mass is 640 g/mol. The number of fused-ring (bicyclic) bond motifs is 1. The molecule has 1 saturated carbocycles. The minimum absolute atomic E-state index is 0.140. The van der Waals surface area contributed by atoms with Crippen molar-refractivity contribution in [3.05, 3.63) is 72.5 Å². The van der Waals surface area contributed by atoms with Crippen LogP contribution in [-0.2, 0) is 0 Å². The molecule has 12 nitrogen and oxygen atoms in total. The van der Waals surface area contributed by atoms with Crippen LogP contribution in [0.2, 0.25) is 0 Å². The van der Waals surface area contributed by atoms with Crippen molar-refractivity contribution in [2.45, 2.75) is 37.8 Å². The van der Waals surface area contributed by atoms with Crippen molar-refractivity contribution in [1.82, 2.24) is 20.1 Å². The van der Waals surface area contributed by atoms with Gasteiger partial charge in [0.05, 0.1) is 34.1 Å². The average molecular weight is 642 g/mol. The van der Waals surface area contributed by atoms with Gasteiger partial charge >= 0.3 is 0 Å². The molecule has 0 unspecified atom stereocenters. The van der Waals surface area contributed by atoms with Crippen LogP contribution in [-0.4, -0.2) is 83.9 Å². The van der Waals surface area contributed by atoms with Gasteiger partial charge in [-0.3, -0.25) is 24.5 Å². The lowest BCUT2D eigenvalue weighted by Gasteiger charge is -2.35. The Balaban J connectivity index is 1.47. The fourth-order valence-electron chi connectivity index (χ4n) is 5.78. The molecule has 2 aliphatic rings. The van der Waals surface area contributed by atoms with E-state index in [0.29, 0.717) is 60.1 Å². The molecule has 13 heteroatoms. The molecule has 0 radical (unpaired) electrons. The lowest BCUT2D eigenvalue weighted by molar-refractivity contribution is -0.384. The number of carbonyl (C=O) groups excluding carboxylic acids is 2. The van der Waals surface area contributed by atoms with E-state index in [-0.39, 0.29) is 28.4 Å². The number of ether oxygens (including phenoxy) is 1. The molecule has 0 spiro atoms. The highest BCUT2D eigenvalue weighted by atomic mass is 79.9. The number of nitro benzene ring substituents is 1. The fraction of sp³-hybridized carbons (Fsp3) is 0.414. The van der Waals surface area contributed by atoms with Crippen molar-refractivity contribution in [2.75, 3.05) is 45.7 Å². The lowest BCUT2D eigenvalue weighted by atomic mass is 9.89. The highest BCUT2D eigenvalue weighted by molar-refractivity contribution is 9.10. The van der Waals surface area contributed by atoms with E-state index in [1.54, 1.807) is 29.2 Å². The van der Waals surface area contributed by atoms with Gasteiger partial charge in [-0.15, -0.1) is 0 Å². The van der Waals surface area contributed by atoms with Gasteiger partial charge in [0, 0.05) is 54.9 Å². The number of H-pyrrole nitrogens is 1. The molecule has 42 heavy (non-hydrogen) atoms. The van der Waals surface area contributed by atoms with E-state index >= 15 is 0 Å². The molecule has 2 fully saturated rings. The van der Waals surface area contributed by atoms with E-state index < -0.39 is 28.5 Å². The van der Waals surface area contributed by atoms with Gasteiger partial charge in [0.1, 0.15) is 11.4 Å². The summed E-state index contributed by atoms with van der Waals surface area (Å²) >= 11 is 3.34. The molecule has 222 valence electrons. The number of carbonyl (C=O) groups is 2. The summed E-state index contributed by atoms with van der Waals surface area (Å²) in [6.45, 7) is 2.46. The minimum atomic E-state index is -0.501. The van der Waals surface area contributed by atoms with Crippen molar-refractivity contribution < 1.29 is 19.2 Å². The van der Waals surface area contributed by atoms with Crippen LogP contribution in [0.4, 0.5) is 11.4 Å². The quantitative estimate of drug-likeness (QED) is 0.261. The smallest absolute Gasteiger partial charge is 0.294 e. The van der Waals surface area contributed by atoms with Crippen molar-refractivity contribution in [3.63, 3.8) is 0 Å². The highest BCUT2D eigenvalue weighted by Gasteiger charge is 2.33. The standard InChI is InChI=1S/C29H33BrN6O6/c1-34-10-12-35(13-11-34)29(39)19-14-17(30)15-23(36(40)41)27(19)32-20-6-3-4-7-21(20)33-28(38)18-16-25(37)31-22-8-5-9-24(42-2)26(18)22/h5,8-9,14-16,20-21,32H,3-4,6-7,10-13H2,1-2H3,(H,31,37)(H,33,38)/t20-,21+/m1/s1. The van der Waals surface area contributed by atoms with Gasteiger partial charge in [-0.05, 0) is 38.1 Å². The second kappa shape index (κ2) is 12.5. The molecule has 3 N–H and O–H groups in total. The maximum Gasteiger partial charge on any atom is 0.294 e. The molecule has 1 aliphatic carbocycles. The largest absolute Gasteiger partial charge is 0.496 e. The number of pyridine rings is 1. The van der Waals surface area contributed by atoms with Crippen LogP contribution >= 0.6 is 15.9 Å². The van der Waals surface area contributed by atoms with Crippen LogP contribution in [0.3, 0.4) is 0 Å². The van der Waals surface area contributed by atoms with Crippen LogP contribution in [0.5, 0.6) is 5.75 Å².